The van der Waals surface area contributed by atoms with Crippen molar-refractivity contribution in [1.29, 1.82) is 0 Å². The molecule has 0 saturated carbocycles. The molecule has 5 nitrogen and oxygen atoms in total. The fourth-order valence-corrected chi connectivity index (χ4v) is 2.85. The highest BCUT2D eigenvalue weighted by Gasteiger charge is 2.32. The maximum Gasteiger partial charge on any atom is 0.257 e. The predicted molar refractivity (Wildman–Crippen MR) is 72.0 cm³/mol. The number of rotatable bonds is 1. The van der Waals surface area contributed by atoms with Gasteiger partial charge in [-0.25, -0.2) is 4.39 Å². The van der Waals surface area contributed by atoms with Gasteiger partial charge < -0.3 is 20.4 Å². The van der Waals surface area contributed by atoms with Crippen LogP contribution in [0.15, 0.2) is 12.1 Å². The van der Waals surface area contributed by atoms with Gasteiger partial charge in [0.05, 0.1) is 11.8 Å². The molecule has 1 aromatic carbocycles. The molecule has 108 valence electrons. The Morgan fingerprint density at radius 2 is 2.15 bits per heavy atom. The summed E-state index contributed by atoms with van der Waals surface area (Å²) in [4.78, 5) is 13.3. The summed E-state index contributed by atoms with van der Waals surface area (Å²) in [6.45, 7) is 3.05. The van der Waals surface area contributed by atoms with E-state index in [9.17, 15) is 19.4 Å². The van der Waals surface area contributed by atoms with E-state index in [1.54, 1.807) is 6.07 Å². The Morgan fingerprint density at radius 3 is 2.85 bits per heavy atom. The Balaban J connectivity index is 1.92. The molecule has 1 amide bonds. The second-order valence-corrected chi connectivity index (χ2v) is 5.56. The van der Waals surface area contributed by atoms with Crippen LogP contribution in [-0.4, -0.2) is 35.3 Å². The first-order valence-corrected chi connectivity index (χ1v) is 6.72. The van der Waals surface area contributed by atoms with Crippen molar-refractivity contribution in [3.05, 3.63) is 23.5 Å². The highest BCUT2D eigenvalue weighted by atomic mass is 19.1. The SMILES string of the molecule is CC1CN(c2cc3c(cc2F)C(O)C(=O)N3)CCC1O. The first-order chi connectivity index (χ1) is 9.47. The molecule has 3 atom stereocenters. The number of amides is 1. The highest BCUT2D eigenvalue weighted by molar-refractivity contribution is 6.02. The molecule has 0 aromatic heterocycles. The van der Waals surface area contributed by atoms with Crippen molar-refractivity contribution in [2.45, 2.75) is 25.6 Å². The van der Waals surface area contributed by atoms with Crippen molar-refractivity contribution < 1.29 is 19.4 Å². The molecule has 1 aromatic rings. The van der Waals surface area contributed by atoms with Crippen LogP contribution < -0.4 is 10.2 Å². The van der Waals surface area contributed by atoms with Gasteiger partial charge in [0.25, 0.3) is 5.91 Å². The van der Waals surface area contributed by atoms with E-state index in [1.807, 2.05) is 11.8 Å². The maximum atomic E-state index is 14.2. The summed E-state index contributed by atoms with van der Waals surface area (Å²) >= 11 is 0. The number of fused-ring (bicyclic) bond motifs is 1. The van der Waals surface area contributed by atoms with E-state index >= 15 is 0 Å². The summed E-state index contributed by atoms with van der Waals surface area (Å²) in [5, 5.41) is 21.9. The number of carbonyl (C=O) groups excluding carboxylic acids is 1. The number of hydrogen-bond donors (Lipinski definition) is 3. The number of aliphatic hydroxyl groups excluding tert-OH is 2. The fraction of sp³-hybridized carbons (Fsp3) is 0.500. The number of hydrogen-bond acceptors (Lipinski definition) is 4. The van der Waals surface area contributed by atoms with E-state index in [-0.39, 0.29) is 17.6 Å². The summed E-state index contributed by atoms with van der Waals surface area (Å²) in [6, 6.07) is 2.77. The minimum absolute atomic E-state index is 0.0663. The topological polar surface area (TPSA) is 72.8 Å². The van der Waals surface area contributed by atoms with Crippen molar-refractivity contribution in [1.82, 2.24) is 0 Å². The molecule has 2 heterocycles. The molecule has 2 aliphatic heterocycles. The van der Waals surface area contributed by atoms with Crippen LogP contribution in [0.3, 0.4) is 0 Å². The van der Waals surface area contributed by atoms with Gasteiger partial charge in [0, 0.05) is 24.3 Å². The van der Waals surface area contributed by atoms with Crippen molar-refractivity contribution in [2.24, 2.45) is 5.92 Å². The van der Waals surface area contributed by atoms with E-state index in [1.165, 1.54) is 6.07 Å². The average molecular weight is 280 g/mol. The monoisotopic (exact) mass is 280 g/mol. The van der Waals surface area contributed by atoms with Gasteiger partial charge in [0.2, 0.25) is 0 Å². The summed E-state index contributed by atoms with van der Waals surface area (Å²) in [5.74, 6) is -0.918. The Bertz CT molecular complexity index is 564. The molecule has 0 spiro atoms. The van der Waals surface area contributed by atoms with Gasteiger partial charge in [-0.2, -0.15) is 0 Å². The van der Waals surface area contributed by atoms with Gasteiger partial charge in [-0.15, -0.1) is 0 Å². The molecule has 2 aliphatic rings. The lowest BCUT2D eigenvalue weighted by atomic mass is 9.96. The van der Waals surface area contributed by atoms with Gasteiger partial charge in [0.1, 0.15) is 5.82 Å². The fourth-order valence-electron chi connectivity index (χ4n) is 2.85. The maximum absolute atomic E-state index is 14.2. The molecule has 6 heteroatoms. The molecule has 1 saturated heterocycles. The van der Waals surface area contributed by atoms with E-state index < -0.39 is 17.8 Å². The zero-order valence-electron chi connectivity index (χ0n) is 11.1. The summed E-state index contributed by atoms with van der Waals surface area (Å²) in [6.07, 6.45) is -1.06. The Hall–Kier alpha value is -1.66. The van der Waals surface area contributed by atoms with E-state index in [4.69, 9.17) is 0 Å². The number of halogens is 1. The molecule has 0 bridgehead atoms. The van der Waals surface area contributed by atoms with Gasteiger partial charge in [-0.05, 0) is 24.5 Å². The van der Waals surface area contributed by atoms with E-state index in [2.05, 4.69) is 5.32 Å². The molecule has 20 heavy (non-hydrogen) atoms. The molecule has 0 radical (unpaired) electrons. The zero-order chi connectivity index (χ0) is 14.4. The molecule has 3 N–H and O–H groups in total. The largest absolute Gasteiger partial charge is 0.393 e. The summed E-state index contributed by atoms with van der Waals surface area (Å²) in [5.41, 5.74) is 1.14. The molecule has 3 unspecified atom stereocenters. The molecule has 3 rings (SSSR count). The lowest BCUT2D eigenvalue weighted by Crippen LogP contribution is -2.42. The zero-order valence-corrected chi connectivity index (χ0v) is 11.1. The van der Waals surface area contributed by atoms with Crippen molar-refractivity contribution in [2.75, 3.05) is 23.3 Å². The molecular formula is C14H17FN2O3. The van der Waals surface area contributed by atoms with E-state index in [0.29, 0.717) is 30.9 Å². The highest BCUT2D eigenvalue weighted by Crippen LogP contribution is 2.37. The van der Waals surface area contributed by atoms with Crippen LogP contribution in [0.25, 0.3) is 0 Å². The summed E-state index contributed by atoms with van der Waals surface area (Å²) in [7, 11) is 0. The Kier molecular flexibility index (Phi) is 3.14. The number of aliphatic hydroxyl groups is 2. The number of nitrogens with one attached hydrogen (secondary N) is 1. The van der Waals surface area contributed by atoms with Crippen LogP contribution in [0.1, 0.15) is 25.0 Å². The second-order valence-electron chi connectivity index (χ2n) is 5.56. The predicted octanol–water partition coefficient (Wildman–Crippen LogP) is 1.02. The third-order valence-corrected chi connectivity index (χ3v) is 4.12. The van der Waals surface area contributed by atoms with Gasteiger partial charge in [-0.3, -0.25) is 4.79 Å². The number of anilines is 2. The first-order valence-electron chi connectivity index (χ1n) is 6.72. The van der Waals surface area contributed by atoms with E-state index in [0.717, 1.165) is 0 Å². The minimum atomic E-state index is -1.30. The van der Waals surface area contributed by atoms with Crippen LogP contribution in [0, 0.1) is 11.7 Å². The van der Waals surface area contributed by atoms with Crippen LogP contribution in [-0.2, 0) is 4.79 Å². The number of carbonyl (C=O) groups is 1. The van der Waals surface area contributed by atoms with Gasteiger partial charge in [-0.1, -0.05) is 6.92 Å². The number of benzene rings is 1. The van der Waals surface area contributed by atoms with Gasteiger partial charge >= 0.3 is 0 Å². The van der Waals surface area contributed by atoms with Gasteiger partial charge in [0.15, 0.2) is 6.10 Å². The molecular weight excluding hydrogens is 263 g/mol. The normalized spacial score (nSPS) is 29.3. The standard InChI is InChI=1S/C14H17FN2O3/c1-7-6-17(3-2-12(7)18)11-5-10-8(4-9(11)15)13(19)14(20)16-10/h4-5,7,12-13,18-19H,2-3,6H2,1H3,(H,16,20). The quantitative estimate of drug-likeness (QED) is 0.718. The number of nitrogens with zero attached hydrogens (tertiary/aromatic N) is 1. The Morgan fingerprint density at radius 1 is 1.40 bits per heavy atom. The number of piperidine rings is 1. The summed E-state index contributed by atoms with van der Waals surface area (Å²) < 4.78 is 14.2. The van der Waals surface area contributed by atoms with Crippen molar-refractivity contribution in [3.63, 3.8) is 0 Å². The van der Waals surface area contributed by atoms with Crippen LogP contribution in [0.2, 0.25) is 0 Å². The van der Waals surface area contributed by atoms with Crippen molar-refractivity contribution in [3.8, 4) is 0 Å². The lowest BCUT2D eigenvalue weighted by Gasteiger charge is -2.36. The third-order valence-electron chi connectivity index (χ3n) is 4.12. The second kappa shape index (κ2) is 4.71. The average Bonchev–Trinajstić information content (AvgIpc) is 2.68. The molecule has 0 aliphatic carbocycles. The third kappa shape index (κ3) is 2.05. The van der Waals surface area contributed by atoms with Crippen LogP contribution >= 0.6 is 0 Å². The van der Waals surface area contributed by atoms with Crippen molar-refractivity contribution >= 4 is 17.3 Å². The Labute approximate surface area is 116 Å². The van der Waals surface area contributed by atoms with Crippen LogP contribution in [0.4, 0.5) is 15.8 Å². The minimum Gasteiger partial charge on any atom is -0.393 e. The van der Waals surface area contributed by atoms with Crippen LogP contribution in [0.5, 0.6) is 0 Å². The smallest absolute Gasteiger partial charge is 0.257 e. The lowest BCUT2D eigenvalue weighted by molar-refractivity contribution is -0.123. The first kappa shape index (κ1) is 13.3. The molecule has 1 fully saturated rings.